The van der Waals surface area contributed by atoms with Crippen LogP contribution in [-0.2, 0) is 4.79 Å². The third-order valence-electron chi connectivity index (χ3n) is 3.83. The predicted molar refractivity (Wildman–Crippen MR) is 92.8 cm³/mol. The van der Waals surface area contributed by atoms with Gasteiger partial charge in [0.2, 0.25) is 5.91 Å². The van der Waals surface area contributed by atoms with Crippen LogP contribution < -0.4 is 10.0 Å². The fourth-order valence-corrected chi connectivity index (χ4v) is 2.86. The summed E-state index contributed by atoms with van der Waals surface area (Å²) in [6.07, 6.45) is 2.59. The number of rotatable bonds is 4. The van der Waals surface area contributed by atoms with Gasteiger partial charge in [0.25, 0.3) is 5.69 Å². The van der Waals surface area contributed by atoms with Crippen LogP contribution in [0.4, 0.5) is 17.1 Å². The van der Waals surface area contributed by atoms with Crippen LogP contribution in [0.25, 0.3) is 0 Å². The van der Waals surface area contributed by atoms with Gasteiger partial charge in [-0.2, -0.15) is 0 Å². The van der Waals surface area contributed by atoms with Crippen LogP contribution in [0.1, 0.15) is 18.4 Å². The highest BCUT2D eigenvalue weighted by Gasteiger charge is 2.21. The molecule has 0 unspecified atom stereocenters. The summed E-state index contributed by atoms with van der Waals surface area (Å²) < 4.78 is 0. The first-order chi connectivity index (χ1) is 12.0. The molecule has 3 rings (SSSR count). The Hall–Kier alpha value is -2.93. The van der Waals surface area contributed by atoms with Gasteiger partial charge in [-0.05, 0) is 42.0 Å². The SMILES string of the molecule is O=C1CCCN1c1cccc(N=Cc2cc(Cl)cc([N+](=O)[O-])c2[O-])c1. The Morgan fingerprint density at radius 2 is 2.08 bits per heavy atom. The molecule has 1 aliphatic heterocycles. The van der Waals surface area contributed by atoms with E-state index < -0.39 is 16.4 Å². The van der Waals surface area contributed by atoms with Crippen molar-refractivity contribution in [2.45, 2.75) is 12.8 Å². The maximum Gasteiger partial charge on any atom is 0.263 e. The summed E-state index contributed by atoms with van der Waals surface area (Å²) in [5.41, 5.74) is 0.697. The maximum atomic E-state index is 12.1. The lowest BCUT2D eigenvalue weighted by Crippen LogP contribution is -2.23. The van der Waals surface area contributed by atoms with Crippen molar-refractivity contribution < 1.29 is 14.8 Å². The number of carbonyl (C=O) groups excluding carboxylic acids is 1. The zero-order chi connectivity index (χ0) is 18.0. The molecule has 1 saturated heterocycles. The Bertz CT molecular complexity index is 882. The molecule has 0 radical (unpaired) electrons. The molecule has 2 aromatic carbocycles. The predicted octanol–water partition coefficient (Wildman–Crippen LogP) is 3.20. The lowest BCUT2D eigenvalue weighted by atomic mass is 10.2. The lowest BCUT2D eigenvalue weighted by molar-refractivity contribution is -0.398. The van der Waals surface area contributed by atoms with E-state index >= 15 is 0 Å². The monoisotopic (exact) mass is 358 g/mol. The molecule has 0 atom stereocenters. The van der Waals surface area contributed by atoms with Gasteiger partial charge in [0.1, 0.15) is 0 Å². The second kappa shape index (κ2) is 6.90. The Balaban J connectivity index is 1.90. The number of hydrogen-bond donors (Lipinski definition) is 0. The molecule has 1 amide bonds. The number of anilines is 1. The van der Waals surface area contributed by atoms with Crippen molar-refractivity contribution in [3.63, 3.8) is 0 Å². The standard InChI is InChI=1S/C17H14ClN3O4/c18-12-7-11(17(23)15(8-12)21(24)25)10-19-13-3-1-4-14(9-13)20-6-2-5-16(20)22/h1,3-4,7-10,23H,2,5-6H2/p-1. The van der Waals surface area contributed by atoms with Crippen LogP contribution in [0, 0.1) is 10.1 Å². The zero-order valence-electron chi connectivity index (χ0n) is 13.0. The highest BCUT2D eigenvalue weighted by atomic mass is 35.5. The minimum absolute atomic E-state index is 0.0295. The summed E-state index contributed by atoms with van der Waals surface area (Å²) in [6, 6.07) is 9.35. The fourth-order valence-electron chi connectivity index (χ4n) is 2.64. The van der Waals surface area contributed by atoms with Crippen molar-refractivity contribution >= 4 is 40.8 Å². The first-order valence-corrected chi connectivity index (χ1v) is 7.93. The van der Waals surface area contributed by atoms with E-state index in [4.69, 9.17) is 11.6 Å². The number of aliphatic imine (C=N–C) groups is 1. The second-order valence-corrected chi connectivity index (χ2v) is 5.96. The van der Waals surface area contributed by atoms with Crippen LogP contribution in [0.3, 0.4) is 0 Å². The van der Waals surface area contributed by atoms with E-state index in [1.54, 1.807) is 23.1 Å². The van der Waals surface area contributed by atoms with Crippen LogP contribution in [0.15, 0.2) is 41.4 Å². The smallest absolute Gasteiger partial charge is 0.263 e. The quantitative estimate of drug-likeness (QED) is 0.476. The third-order valence-corrected chi connectivity index (χ3v) is 4.05. The fraction of sp³-hybridized carbons (Fsp3) is 0.176. The van der Waals surface area contributed by atoms with Gasteiger partial charge in [-0.3, -0.25) is 19.9 Å². The van der Waals surface area contributed by atoms with Crippen molar-refractivity contribution in [2.24, 2.45) is 4.99 Å². The number of halogens is 1. The number of nitro benzene ring substituents is 1. The summed E-state index contributed by atoms with van der Waals surface area (Å²) in [5.74, 6) is -0.683. The van der Waals surface area contributed by atoms with Gasteiger partial charge in [0, 0.05) is 36.0 Å². The normalized spacial score (nSPS) is 14.4. The van der Waals surface area contributed by atoms with E-state index in [-0.39, 0.29) is 16.5 Å². The van der Waals surface area contributed by atoms with E-state index in [1.165, 1.54) is 12.3 Å². The largest absolute Gasteiger partial charge is 0.867 e. The van der Waals surface area contributed by atoms with Crippen LogP contribution >= 0.6 is 11.6 Å². The van der Waals surface area contributed by atoms with Gasteiger partial charge in [-0.1, -0.05) is 17.7 Å². The topological polar surface area (TPSA) is 98.9 Å². The summed E-state index contributed by atoms with van der Waals surface area (Å²) in [7, 11) is 0. The molecule has 1 aliphatic rings. The molecule has 8 heteroatoms. The molecular weight excluding hydrogens is 346 g/mol. The third kappa shape index (κ3) is 3.61. The number of nitro groups is 1. The Morgan fingerprint density at radius 3 is 2.76 bits per heavy atom. The lowest BCUT2D eigenvalue weighted by Gasteiger charge is -2.15. The number of carbonyl (C=O) groups is 1. The van der Waals surface area contributed by atoms with E-state index in [1.807, 2.05) is 6.07 Å². The number of benzene rings is 2. The molecule has 0 spiro atoms. The molecule has 2 aromatic rings. The van der Waals surface area contributed by atoms with Gasteiger partial charge >= 0.3 is 0 Å². The zero-order valence-corrected chi connectivity index (χ0v) is 13.8. The molecule has 1 fully saturated rings. The average molecular weight is 359 g/mol. The molecule has 0 saturated carbocycles. The molecule has 0 aliphatic carbocycles. The molecular formula is C17H13ClN3O4-. The minimum Gasteiger partial charge on any atom is -0.867 e. The minimum atomic E-state index is -0.773. The number of hydrogen-bond acceptors (Lipinski definition) is 5. The summed E-state index contributed by atoms with van der Waals surface area (Å²) in [4.78, 5) is 27.8. The highest BCUT2D eigenvalue weighted by Crippen LogP contribution is 2.31. The molecule has 0 bridgehead atoms. The van der Waals surface area contributed by atoms with Crippen molar-refractivity contribution in [1.29, 1.82) is 0 Å². The Labute approximate surface area is 148 Å². The summed E-state index contributed by atoms with van der Waals surface area (Å²) in [6.45, 7) is 0.664. The van der Waals surface area contributed by atoms with Crippen LogP contribution in [0.5, 0.6) is 5.75 Å². The van der Waals surface area contributed by atoms with Gasteiger partial charge in [0.15, 0.2) is 0 Å². The summed E-state index contributed by atoms with van der Waals surface area (Å²) in [5, 5.41) is 23.0. The number of amides is 1. The molecule has 128 valence electrons. The molecule has 0 N–H and O–H groups in total. The highest BCUT2D eigenvalue weighted by molar-refractivity contribution is 6.31. The maximum absolute atomic E-state index is 12.1. The second-order valence-electron chi connectivity index (χ2n) is 5.53. The Kier molecular flexibility index (Phi) is 4.67. The van der Waals surface area contributed by atoms with E-state index in [0.29, 0.717) is 18.7 Å². The van der Waals surface area contributed by atoms with E-state index in [9.17, 15) is 20.0 Å². The van der Waals surface area contributed by atoms with Gasteiger partial charge in [0.05, 0.1) is 10.6 Å². The van der Waals surface area contributed by atoms with Crippen molar-refractivity contribution in [3.8, 4) is 5.75 Å². The van der Waals surface area contributed by atoms with Crippen LogP contribution in [-0.4, -0.2) is 23.6 Å². The average Bonchev–Trinajstić information content (AvgIpc) is 3.01. The Morgan fingerprint density at radius 1 is 1.28 bits per heavy atom. The molecule has 25 heavy (non-hydrogen) atoms. The van der Waals surface area contributed by atoms with Crippen molar-refractivity contribution in [2.75, 3.05) is 11.4 Å². The van der Waals surface area contributed by atoms with E-state index in [0.717, 1.165) is 18.2 Å². The summed E-state index contributed by atoms with van der Waals surface area (Å²) >= 11 is 5.83. The van der Waals surface area contributed by atoms with Gasteiger partial charge < -0.3 is 10.0 Å². The molecule has 7 nitrogen and oxygen atoms in total. The van der Waals surface area contributed by atoms with Gasteiger partial charge in [-0.25, -0.2) is 0 Å². The first kappa shape index (κ1) is 16.9. The van der Waals surface area contributed by atoms with Crippen LogP contribution in [0.2, 0.25) is 5.02 Å². The van der Waals surface area contributed by atoms with Crippen molar-refractivity contribution in [1.82, 2.24) is 0 Å². The molecule has 1 heterocycles. The number of nitrogens with zero attached hydrogens (tertiary/aromatic N) is 3. The van der Waals surface area contributed by atoms with Crippen molar-refractivity contribution in [3.05, 3.63) is 57.1 Å². The first-order valence-electron chi connectivity index (χ1n) is 7.55. The molecule has 0 aromatic heterocycles. The van der Waals surface area contributed by atoms with Gasteiger partial charge in [-0.15, -0.1) is 0 Å². The van der Waals surface area contributed by atoms with E-state index in [2.05, 4.69) is 4.99 Å².